The molecule has 0 spiro atoms. The molecular formula is C18H22N2O2S. The SMILES string of the molecule is COc1ccccc1CC1CCN(C(=O)c2scnc2C)CC1. The van der Waals surface area contributed by atoms with Crippen molar-refractivity contribution in [1.29, 1.82) is 0 Å². The molecule has 1 saturated heterocycles. The van der Waals surface area contributed by atoms with Gasteiger partial charge in [0, 0.05) is 13.1 Å². The third-order valence-corrected chi connectivity index (χ3v) is 5.46. The first-order chi connectivity index (χ1) is 11.2. The van der Waals surface area contributed by atoms with Gasteiger partial charge in [-0.25, -0.2) is 4.98 Å². The third-order valence-electron chi connectivity index (χ3n) is 4.54. The maximum atomic E-state index is 12.5. The van der Waals surface area contributed by atoms with Gasteiger partial charge in [-0.05, 0) is 43.7 Å². The summed E-state index contributed by atoms with van der Waals surface area (Å²) in [5.41, 5.74) is 3.85. The lowest BCUT2D eigenvalue weighted by Gasteiger charge is -2.32. The van der Waals surface area contributed by atoms with Crippen LogP contribution in [-0.4, -0.2) is 36.0 Å². The molecule has 0 saturated carbocycles. The Morgan fingerprint density at radius 2 is 2.09 bits per heavy atom. The zero-order valence-electron chi connectivity index (χ0n) is 13.6. The number of methoxy groups -OCH3 is 1. The average molecular weight is 330 g/mol. The molecule has 5 heteroatoms. The quantitative estimate of drug-likeness (QED) is 0.861. The zero-order chi connectivity index (χ0) is 16.2. The van der Waals surface area contributed by atoms with Crippen LogP contribution >= 0.6 is 11.3 Å². The summed E-state index contributed by atoms with van der Waals surface area (Å²) < 4.78 is 5.44. The molecule has 2 aromatic rings. The lowest BCUT2D eigenvalue weighted by atomic mass is 9.89. The Bertz CT molecular complexity index is 675. The lowest BCUT2D eigenvalue weighted by Crippen LogP contribution is -2.38. The van der Waals surface area contributed by atoms with Crippen molar-refractivity contribution in [2.45, 2.75) is 26.2 Å². The predicted octanol–water partition coefficient (Wildman–Crippen LogP) is 3.56. The van der Waals surface area contributed by atoms with Gasteiger partial charge in [-0.2, -0.15) is 0 Å². The van der Waals surface area contributed by atoms with Crippen LogP contribution in [0.1, 0.15) is 33.8 Å². The smallest absolute Gasteiger partial charge is 0.265 e. The molecule has 23 heavy (non-hydrogen) atoms. The van der Waals surface area contributed by atoms with Crippen LogP contribution in [0.3, 0.4) is 0 Å². The first-order valence-electron chi connectivity index (χ1n) is 8.00. The Morgan fingerprint density at radius 1 is 1.35 bits per heavy atom. The number of likely N-dealkylation sites (tertiary alicyclic amines) is 1. The van der Waals surface area contributed by atoms with E-state index in [0.29, 0.717) is 5.92 Å². The standard InChI is InChI=1S/C18H22N2O2S/c1-13-17(23-12-19-13)18(21)20-9-7-14(8-10-20)11-15-5-3-4-6-16(15)22-2/h3-6,12,14H,7-11H2,1-2H3. The van der Waals surface area contributed by atoms with Crippen molar-refractivity contribution in [2.24, 2.45) is 5.92 Å². The topological polar surface area (TPSA) is 42.4 Å². The number of aryl methyl sites for hydroxylation is 1. The van der Waals surface area contributed by atoms with E-state index >= 15 is 0 Å². The summed E-state index contributed by atoms with van der Waals surface area (Å²) in [6.45, 7) is 3.56. The Hall–Kier alpha value is -1.88. The molecule has 1 aromatic carbocycles. The van der Waals surface area contributed by atoms with Gasteiger partial charge >= 0.3 is 0 Å². The van der Waals surface area contributed by atoms with Gasteiger partial charge in [0.2, 0.25) is 0 Å². The van der Waals surface area contributed by atoms with Crippen molar-refractivity contribution in [3.8, 4) is 5.75 Å². The van der Waals surface area contributed by atoms with Crippen molar-refractivity contribution < 1.29 is 9.53 Å². The van der Waals surface area contributed by atoms with Crippen molar-refractivity contribution in [2.75, 3.05) is 20.2 Å². The summed E-state index contributed by atoms with van der Waals surface area (Å²) in [4.78, 5) is 19.5. The van der Waals surface area contributed by atoms with Gasteiger partial charge in [0.1, 0.15) is 10.6 Å². The Morgan fingerprint density at radius 3 is 2.74 bits per heavy atom. The number of aromatic nitrogens is 1. The number of carbonyl (C=O) groups is 1. The van der Waals surface area contributed by atoms with Crippen LogP contribution in [0.25, 0.3) is 0 Å². The van der Waals surface area contributed by atoms with Gasteiger partial charge < -0.3 is 9.64 Å². The Balaban J connectivity index is 1.58. The summed E-state index contributed by atoms with van der Waals surface area (Å²) in [7, 11) is 1.72. The summed E-state index contributed by atoms with van der Waals surface area (Å²) in [6.07, 6.45) is 3.11. The van der Waals surface area contributed by atoms with Gasteiger partial charge in [-0.15, -0.1) is 11.3 Å². The summed E-state index contributed by atoms with van der Waals surface area (Å²) in [5.74, 6) is 1.71. The van der Waals surface area contributed by atoms with E-state index < -0.39 is 0 Å². The number of nitrogens with zero attached hydrogens (tertiary/aromatic N) is 2. The highest BCUT2D eigenvalue weighted by atomic mass is 32.1. The van der Waals surface area contributed by atoms with Crippen molar-refractivity contribution in [1.82, 2.24) is 9.88 Å². The van der Waals surface area contributed by atoms with Crippen LogP contribution < -0.4 is 4.74 Å². The fourth-order valence-electron chi connectivity index (χ4n) is 3.17. The molecule has 1 fully saturated rings. The molecule has 0 atom stereocenters. The van der Waals surface area contributed by atoms with E-state index in [9.17, 15) is 4.79 Å². The monoisotopic (exact) mass is 330 g/mol. The predicted molar refractivity (Wildman–Crippen MR) is 92.2 cm³/mol. The maximum Gasteiger partial charge on any atom is 0.265 e. The maximum absolute atomic E-state index is 12.5. The Kier molecular flexibility index (Phi) is 4.96. The molecule has 0 N–H and O–H groups in total. The molecule has 1 aliphatic rings. The molecule has 2 heterocycles. The number of ether oxygens (including phenoxy) is 1. The molecule has 1 aromatic heterocycles. The van der Waals surface area contributed by atoms with Crippen LogP contribution in [0, 0.1) is 12.8 Å². The molecule has 0 aliphatic carbocycles. The minimum absolute atomic E-state index is 0.140. The Labute approximate surface area is 141 Å². The molecule has 3 rings (SSSR count). The minimum atomic E-state index is 0.140. The minimum Gasteiger partial charge on any atom is -0.496 e. The van der Waals surface area contributed by atoms with Crippen LogP contribution in [0.15, 0.2) is 29.8 Å². The molecular weight excluding hydrogens is 308 g/mol. The van der Waals surface area contributed by atoms with Gasteiger partial charge in [0.25, 0.3) is 5.91 Å². The molecule has 0 radical (unpaired) electrons. The van der Waals surface area contributed by atoms with Crippen molar-refractivity contribution in [3.63, 3.8) is 0 Å². The number of benzene rings is 1. The number of amides is 1. The summed E-state index contributed by atoms with van der Waals surface area (Å²) in [5, 5.41) is 0. The first-order valence-corrected chi connectivity index (χ1v) is 8.88. The van der Waals surface area contributed by atoms with Crippen molar-refractivity contribution in [3.05, 3.63) is 45.9 Å². The van der Waals surface area contributed by atoms with E-state index in [-0.39, 0.29) is 5.91 Å². The highest BCUT2D eigenvalue weighted by Crippen LogP contribution is 2.27. The highest BCUT2D eigenvalue weighted by Gasteiger charge is 2.26. The molecule has 122 valence electrons. The zero-order valence-corrected chi connectivity index (χ0v) is 14.4. The number of carbonyl (C=O) groups excluding carboxylic acids is 1. The van der Waals surface area contributed by atoms with Crippen molar-refractivity contribution >= 4 is 17.2 Å². The van der Waals surface area contributed by atoms with Crippen LogP contribution in [-0.2, 0) is 6.42 Å². The number of hydrogen-bond acceptors (Lipinski definition) is 4. The second-order valence-electron chi connectivity index (χ2n) is 6.02. The van der Waals surface area contributed by atoms with E-state index in [2.05, 4.69) is 17.1 Å². The fraction of sp³-hybridized carbons (Fsp3) is 0.444. The van der Waals surface area contributed by atoms with Gasteiger partial charge in [-0.1, -0.05) is 18.2 Å². The second kappa shape index (κ2) is 7.13. The average Bonchev–Trinajstić information content (AvgIpc) is 3.01. The summed E-state index contributed by atoms with van der Waals surface area (Å²) >= 11 is 1.44. The molecule has 1 aliphatic heterocycles. The van der Waals surface area contributed by atoms with Gasteiger partial charge in [-0.3, -0.25) is 4.79 Å². The first kappa shape index (κ1) is 16.0. The van der Waals surface area contributed by atoms with Gasteiger partial charge in [0.05, 0.1) is 18.3 Å². The lowest BCUT2D eigenvalue weighted by molar-refractivity contribution is 0.0694. The van der Waals surface area contributed by atoms with Gasteiger partial charge in [0.15, 0.2) is 0 Å². The van der Waals surface area contributed by atoms with E-state index in [0.717, 1.165) is 48.7 Å². The molecule has 1 amide bonds. The number of para-hydroxylation sites is 1. The third kappa shape index (κ3) is 3.55. The summed E-state index contributed by atoms with van der Waals surface area (Å²) in [6, 6.07) is 8.21. The second-order valence-corrected chi connectivity index (χ2v) is 6.87. The molecule has 4 nitrogen and oxygen atoms in total. The normalized spacial score (nSPS) is 15.7. The van der Waals surface area contributed by atoms with E-state index in [1.165, 1.54) is 16.9 Å². The van der Waals surface area contributed by atoms with E-state index in [4.69, 9.17) is 4.74 Å². The number of hydrogen-bond donors (Lipinski definition) is 0. The highest BCUT2D eigenvalue weighted by molar-refractivity contribution is 7.11. The number of thiazole rings is 1. The van der Waals surface area contributed by atoms with Crippen LogP contribution in [0.4, 0.5) is 0 Å². The molecule has 0 unspecified atom stereocenters. The number of rotatable bonds is 4. The van der Waals surface area contributed by atoms with E-state index in [1.807, 2.05) is 24.0 Å². The fourth-order valence-corrected chi connectivity index (χ4v) is 3.94. The van der Waals surface area contributed by atoms with Crippen LogP contribution in [0.2, 0.25) is 0 Å². The molecule has 0 bridgehead atoms. The largest absolute Gasteiger partial charge is 0.496 e. The van der Waals surface area contributed by atoms with E-state index in [1.54, 1.807) is 12.6 Å². The number of piperidine rings is 1. The van der Waals surface area contributed by atoms with Crippen LogP contribution in [0.5, 0.6) is 5.75 Å².